The molecule has 2 rings (SSSR count). The standard InChI is InChI=1S/C14H20N4O4S2/c19-13(10-16-24(20,21)12-6-2-1-3-7-12)17-18-14(23)15-9-11-5-4-8-22-11/h1-3,6-7,11,16H,4-5,8-10H2,(H,17,19)(H2,15,18,23)/t11-/m1/s1. The van der Waals surface area contributed by atoms with Gasteiger partial charge in [0.2, 0.25) is 10.0 Å². The quantitative estimate of drug-likeness (QED) is 0.399. The Morgan fingerprint density at radius 2 is 2.00 bits per heavy atom. The van der Waals surface area contributed by atoms with E-state index in [1.165, 1.54) is 12.1 Å². The Balaban J connectivity index is 1.66. The van der Waals surface area contributed by atoms with Crippen LogP contribution in [0, 0.1) is 0 Å². The predicted molar refractivity (Wildman–Crippen MR) is 92.5 cm³/mol. The van der Waals surface area contributed by atoms with Crippen LogP contribution >= 0.6 is 12.2 Å². The highest BCUT2D eigenvalue weighted by atomic mass is 32.2. The zero-order valence-corrected chi connectivity index (χ0v) is 14.6. The monoisotopic (exact) mass is 372 g/mol. The second-order valence-corrected chi connectivity index (χ2v) is 7.33. The van der Waals surface area contributed by atoms with Crippen molar-refractivity contribution in [3.8, 4) is 0 Å². The lowest BCUT2D eigenvalue weighted by Crippen LogP contribution is -2.50. The van der Waals surface area contributed by atoms with Crippen LogP contribution in [0.4, 0.5) is 0 Å². The molecule has 24 heavy (non-hydrogen) atoms. The zero-order valence-electron chi connectivity index (χ0n) is 12.9. The second-order valence-electron chi connectivity index (χ2n) is 5.16. The summed E-state index contributed by atoms with van der Waals surface area (Å²) >= 11 is 5.01. The lowest BCUT2D eigenvalue weighted by atomic mass is 10.2. The number of amides is 1. The van der Waals surface area contributed by atoms with Gasteiger partial charge in [0, 0.05) is 13.2 Å². The molecule has 1 aromatic carbocycles. The van der Waals surface area contributed by atoms with Crippen LogP contribution < -0.4 is 20.9 Å². The minimum atomic E-state index is -3.72. The first-order chi connectivity index (χ1) is 11.5. The van der Waals surface area contributed by atoms with Crippen molar-refractivity contribution in [2.24, 2.45) is 0 Å². The Kier molecular flexibility index (Phi) is 6.91. The van der Waals surface area contributed by atoms with E-state index in [1.807, 2.05) is 0 Å². The Morgan fingerprint density at radius 1 is 1.25 bits per heavy atom. The van der Waals surface area contributed by atoms with Crippen LogP contribution in [-0.4, -0.2) is 45.2 Å². The van der Waals surface area contributed by atoms with Gasteiger partial charge in [0.05, 0.1) is 17.5 Å². The van der Waals surface area contributed by atoms with Crippen molar-refractivity contribution in [3.63, 3.8) is 0 Å². The van der Waals surface area contributed by atoms with E-state index in [-0.39, 0.29) is 16.1 Å². The molecule has 1 aliphatic heterocycles. The number of rotatable bonds is 6. The summed E-state index contributed by atoms with van der Waals surface area (Å²) in [6.45, 7) is 0.908. The molecule has 0 saturated carbocycles. The number of nitrogens with one attached hydrogen (secondary N) is 4. The third-order valence-corrected chi connectivity index (χ3v) is 4.97. The van der Waals surface area contributed by atoms with Gasteiger partial charge in [-0.15, -0.1) is 0 Å². The van der Waals surface area contributed by atoms with E-state index in [1.54, 1.807) is 18.2 Å². The SMILES string of the molecule is O=C(CNS(=O)(=O)c1ccccc1)NNC(=S)NC[C@H]1CCCO1. The van der Waals surface area contributed by atoms with Gasteiger partial charge in [-0.1, -0.05) is 18.2 Å². The van der Waals surface area contributed by atoms with Crippen molar-refractivity contribution in [2.75, 3.05) is 19.7 Å². The summed E-state index contributed by atoms with van der Waals surface area (Å²) in [4.78, 5) is 11.8. The summed E-state index contributed by atoms with van der Waals surface area (Å²) in [6, 6.07) is 7.81. The normalized spacial score (nSPS) is 17.2. The summed E-state index contributed by atoms with van der Waals surface area (Å²) in [5.41, 5.74) is 4.83. The van der Waals surface area contributed by atoms with E-state index in [0.717, 1.165) is 19.4 Å². The molecule has 8 nitrogen and oxygen atoms in total. The van der Waals surface area contributed by atoms with Crippen molar-refractivity contribution < 1.29 is 17.9 Å². The van der Waals surface area contributed by atoms with Gasteiger partial charge in [0.25, 0.3) is 5.91 Å². The number of benzene rings is 1. The average Bonchev–Trinajstić information content (AvgIpc) is 3.10. The fourth-order valence-electron chi connectivity index (χ4n) is 2.07. The van der Waals surface area contributed by atoms with Gasteiger partial charge >= 0.3 is 0 Å². The van der Waals surface area contributed by atoms with Gasteiger partial charge in [0.1, 0.15) is 0 Å². The van der Waals surface area contributed by atoms with Crippen molar-refractivity contribution in [3.05, 3.63) is 30.3 Å². The van der Waals surface area contributed by atoms with Crippen LogP contribution in [0.5, 0.6) is 0 Å². The minimum absolute atomic E-state index is 0.0968. The lowest BCUT2D eigenvalue weighted by molar-refractivity contribution is -0.120. The summed E-state index contributed by atoms with van der Waals surface area (Å²) in [5.74, 6) is -0.559. The maximum absolute atomic E-state index is 12.0. The largest absolute Gasteiger partial charge is 0.376 e. The van der Waals surface area contributed by atoms with Gasteiger partial charge < -0.3 is 10.1 Å². The third-order valence-electron chi connectivity index (χ3n) is 3.31. The first-order valence-electron chi connectivity index (χ1n) is 7.46. The number of hydrazine groups is 1. The predicted octanol–water partition coefficient (Wildman–Crippen LogP) is -0.361. The molecule has 1 heterocycles. The molecule has 4 N–H and O–H groups in total. The highest BCUT2D eigenvalue weighted by molar-refractivity contribution is 7.89. The van der Waals surface area contributed by atoms with Crippen LogP contribution in [-0.2, 0) is 19.6 Å². The molecule has 1 aromatic rings. The summed E-state index contributed by atoms with van der Waals surface area (Å²) in [5, 5.41) is 3.16. The molecule has 0 aromatic heterocycles. The van der Waals surface area contributed by atoms with Crippen molar-refractivity contribution >= 4 is 33.3 Å². The molecular formula is C14H20N4O4S2. The molecule has 1 aliphatic rings. The summed E-state index contributed by atoms with van der Waals surface area (Å²) in [7, 11) is -3.72. The number of hydrogen-bond acceptors (Lipinski definition) is 5. The molecule has 1 atom stereocenters. The van der Waals surface area contributed by atoms with E-state index in [9.17, 15) is 13.2 Å². The number of ether oxygens (including phenoxy) is 1. The highest BCUT2D eigenvalue weighted by Gasteiger charge is 2.16. The Morgan fingerprint density at radius 3 is 2.67 bits per heavy atom. The third kappa shape index (κ3) is 6.04. The van der Waals surface area contributed by atoms with E-state index in [2.05, 4.69) is 20.9 Å². The molecular weight excluding hydrogens is 352 g/mol. The highest BCUT2D eigenvalue weighted by Crippen LogP contribution is 2.10. The van der Waals surface area contributed by atoms with Crippen LogP contribution in [0.25, 0.3) is 0 Å². The van der Waals surface area contributed by atoms with Crippen molar-refractivity contribution in [1.29, 1.82) is 0 Å². The maximum atomic E-state index is 12.0. The van der Waals surface area contributed by atoms with E-state index in [4.69, 9.17) is 17.0 Å². The molecule has 0 aliphatic carbocycles. The molecule has 0 radical (unpaired) electrons. The summed E-state index contributed by atoms with van der Waals surface area (Å²) < 4.78 is 31.6. The van der Waals surface area contributed by atoms with Crippen molar-refractivity contribution in [1.82, 2.24) is 20.9 Å². The number of carbonyl (C=O) groups excluding carboxylic acids is 1. The fraction of sp³-hybridized carbons (Fsp3) is 0.429. The first-order valence-corrected chi connectivity index (χ1v) is 9.35. The number of hydrogen-bond donors (Lipinski definition) is 4. The number of carbonyl (C=O) groups is 1. The van der Waals surface area contributed by atoms with E-state index < -0.39 is 22.5 Å². The zero-order chi connectivity index (χ0) is 17.4. The maximum Gasteiger partial charge on any atom is 0.253 e. The fourth-order valence-corrected chi connectivity index (χ4v) is 3.21. The molecule has 0 unspecified atom stereocenters. The lowest BCUT2D eigenvalue weighted by Gasteiger charge is -2.14. The second kappa shape index (κ2) is 8.92. The Bertz CT molecular complexity index is 661. The molecule has 1 fully saturated rings. The number of sulfonamides is 1. The van der Waals surface area contributed by atoms with Crippen LogP contribution in [0.2, 0.25) is 0 Å². The molecule has 0 bridgehead atoms. The first kappa shape index (κ1) is 18.6. The molecule has 0 spiro atoms. The van der Waals surface area contributed by atoms with Crippen molar-refractivity contribution in [2.45, 2.75) is 23.8 Å². The minimum Gasteiger partial charge on any atom is -0.376 e. The van der Waals surface area contributed by atoms with Crippen LogP contribution in [0.3, 0.4) is 0 Å². The van der Waals surface area contributed by atoms with Gasteiger partial charge in [-0.3, -0.25) is 15.6 Å². The molecule has 132 valence electrons. The van der Waals surface area contributed by atoms with Crippen LogP contribution in [0.15, 0.2) is 35.2 Å². The summed E-state index contributed by atoms with van der Waals surface area (Å²) in [6.07, 6.45) is 2.13. The molecule has 1 amide bonds. The van der Waals surface area contributed by atoms with E-state index >= 15 is 0 Å². The van der Waals surface area contributed by atoms with Gasteiger partial charge in [-0.2, -0.15) is 0 Å². The average molecular weight is 372 g/mol. The van der Waals surface area contributed by atoms with E-state index in [0.29, 0.717) is 6.54 Å². The Labute approximate surface area is 146 Å². The molecule has 1 saturated heterocycles. The van der Waals surface area contributed by atoms with Crippen LogP contribution in [0.1, 0.15) is 12.8 Å². The number of thiocarbonyl (C=S) groups is 1. The van der Waals surface area contributed by atoms with Gasteiger partial charge in [-0.25, -0.2) is 13.1 Å². The topological polar surface area (TPSA) is 109 Å². The van der Waals surface area contributed by atoms with Gasteiger partial charge in [-0.05, 0) is 37.2 Å². The Hall–Kier alpha value is -1.75. The molecule has 10 heteroatoms. The smallest absolute Gasteiger partial charge is 0.253 e. The van der Waals surface area contributed by atoms with Gasteiger partial charge in [0.15, 0.2) is 5.11 Å².